The Morgan fingerprint density at radius 3 is 2.47 bits per heavy atom. The predicted molar refractivity (Wildman–Crippen MR) is 105 cm³/mol. The van der Waals surface area contributed by atoms with Crippen LogP contribution in [0.2, 0.25) is 0 Å². The number of methoxy groups -OCH3 is 1. The van der Waals surface area contributed by atoms with Gasteiger partial charge < -0.3 is 20.5 Å². The van der Waals surface area contributed by atoms with Gasteiger partial charge >= 0.3 is 17.8 Å². The van der Waals surface area contributed by atoms with Crippen LogP contribution in [0.5, 0.6) is 5.75 Å². The summed E-state index contributed by atoms with van der Waals surface area (Å²) in [7, 11) is 1.01. The molecule has 184 valence electrons. The van der Waals surface area contributed by atoms with Crippen molar-refractivity contribution in [3.63, 3.8) is 0 Å². The standard InChI is InChI=1S/C21H20F5N3O5/c1-9-14(11-4-5-12(22)15(23)16(11)33-3)17(34-20(9,2)21(24,25)26)19(31)28-10-6-7-29(32)13(8-10)18(27)30/h4-9,14,17,32H,1-3H3,(H2,27,30)/p+1/t9-,14+,17+,20-/m0/s1. The zero-order valence-electron chi connectivity index (χ0n) is 18.1. The molecule has 1 aromatic carbocycles. The number of rotatable bonds is 5. The monoisotopic (exact) mass is 490 g/mol. The summed E-state index contributed by atoms with van der Waals surface area (Å²) in [5.74, 6) is -8.30. The van der Waals surface area contributed by atoms with Crippen molar-refractivity contribution in [2.24, 2.45) is 11.7 Å². The number of benzene rings is 1. The number of nitrogens with one attached hydrogen (secondary N) is 1. The van der Waals surface area contributed by atoms with Crippen molar-refractivity contribution in [1.82, 2.24) is 0 Å². The first kappa shape index (κ1) is 25.1. The van der Waals surface area contributed by atoms with Crippen molar-refractivity contribution >= 4 is 17.5 Å². The number of amides is 2. The average molecular weight is 490 g/mol. The molecule has 34 heavy (non-hydrogen) atoms. The number of alkyl halides is 3. The van der Waals surface area contributed by atoms with E-state index in [4.69, 9.17) is 15.2 Å². The van der Waals surface area contributed by atoms with E-state index < -0.39 is 64.6 Å². The van der Waals surface area contributed by atoms with Crippen LogP contribution in [0.15, 0.2) is 30.5 Å². The molecule has 3 rings (SSSR count). The molecule has 0 unspecified atom stereocenters. The molecule has 1 aliphatic rings. The molecule has 2 heterocycles. The number of pyridine rings is 1. The Hall–Kier alpha value is -3.48. The Morgan fingerprint density at radius 1 is 1.26 bits per heavy atom. The number of carbonyl (C=O) groups is 2. The minimum absolute atomic E-state index is 0.0861. The molecule has 0 spiro atoms. The molecule has 1 saturated heterocycles. The fraction of sp³-hybridized carbons (Fsp3) is 0.381. The maximum absolute atomic E-state index is 14.4. The van der Waals surface area contributed by atoms with Crippen molar-refractivity contribution in [3.8, 4) is 5.75 Å². The third-order valence-electron chi connectivity index (χ3n) is 6.02. The summed E-state index contributed by atoms with van der Waals surface area (Å²) in [5, 5.41) is 11.9. The normalized spacial score (nSPS) is 24.6. The fourth-order valence-corrected chi connectivity index (χ4v) is 4.01. The van der Waals surface area contributed by atoms with Gasteiger partial charge in [-0.25, -0.2) is 4.39 Å². The summed E-state index contributed by atoms with van der Waals surface area (Å²) in [6, 6.07) is 3.90. The van der Waals surface area contributed by atoms with E-state index in [1.54, 1.807) is 0 Å². The highest BCUT2D eigenvalue weighted by Crippen LogP contribution is 2.54. The quantitative estimate of drug-likeness (QED) is 0.339. The first-order valence-electron chi connectivity index (χ1n) is 9.85. The molecule has 2 amide bonds. The van der Waals surface area contributed by atoms with Gasteiger partial charge in [0.05, 0.1) is 12.8 Å². The summed E-state index contributed by atoms with van der Waals surface area (Å²) in [6.07, 6.45) is -5.76. The number of carbonyl (C=O) groups excluding carboxylic acids is 2. The fourth-order valence-electron chi connectivity index (χ4n) is 4.01. The van der Waals surface area contributed by atoms with E-state index >= 15 is 0 Å². The Labute approximate surface area is 190 Å². The lowest BCUT2D eigenvalue weighted by atomic mass is 9.77. The van der Waals surface area contributed by atoms with E-state index in [-0.39, 0.29) is 11.3 Å². The molecule has 0 radical (unpaired) electrons. The van der Waals surface area contributed by atoms with Gasteiger partial charge in [0.15, 0.2) is 17.2 Å². The topological polar surface area (TPSA) is 115 Å². The lowest BCUT2D eigenvalue weighted by Crippen LogP contribution is -2.47. The van der Waals surface area contributed by atoms with Gasteiger partial charge in [0.2, 0.25) is 12.0 Å². The van der Waals surface area contributed by atoms with Gasteiger partial charge in [-0.1, -0.05) is 13.0 Å². The largest absolute Gasteiger partial charge is 0.493 e. The van der Waals surface area contributed by atoms with Crippen LogP contribution in [0.25, 0.3) is 0 Å². The van der Waals surface area contributed by atoms with E-state index in [0.717, 1.165) is 38.4 Å². The lowest BCUT2D eigenvalue weighted by Gasteiger charge is -2.32. The number of primary amides is 1. The van der Waals surface area contributed by atoms with Crippen LogP contribution in [0.3, 0.4) is 0 Å². The number of nitrogens with zero attached hydrogens (tertiary/aromatic N) is 1. The van der Waals surface area contributed by atoms with Crippen LogP contribution in [0.4, 0.5) is 27.6 Å². The van der Waals surface area contributed by atoms with Crippen LogP contribution in [0.1, 0.15) is 35.8 Å². The summed E-state index contributed by atoms with van der Waals surface area (Å²) < 4.78 is 80.5. The van der Waals surface area contributed by atoms with Crippen molar-refractivity contribution in [2.45, 2.75) is 37.6 Å². The maximum Gasteiger partial charge on any atom is 0.417 e. The smallest absolute Gasteiger partial charge is 0.417 e. The highest BCUT2D eigenvalue weighted by atomic mass is 19.4. The SMILES string of the molecule is COc1c([C@@H]2[C@H](C(=O)Nc3cc[n+](O)c(C(N)=O)c3)O[C@](C)(C(F)(F)F)[C@H]2C)ccc(F)c1F. The summed E-state index contributed by atoms with van der Waals surface area (Å²) in [4.78, 5) is 24.5. The molecule has 0 saturated carbocycles. The van der Waals surface area contributed by atoms with E-state index in [2.05, 4.69) is 5.32 Å². The number of hydrogen-bond acceptors (Lipinski definition) is 5. The molecule has 1 aliphatic heterocycles. The minimum Gasteiger partial charge on any atom is -0.493 e. The first-order valence-corrected chi connectivity index (χ1v) is 9.85. The van der Waals surface area contributed by atoms with Gasteiger partial charge in [-0.2, -0.15) is 17.6 Å². The molecular formula is C21H21F5N3O5+. The molecule has 8 nitrogen and oxygen atoms in total. The van der Waals surface area contributed by atoms with Crippen LogP contribution >= 0.6 is 0 Å². The summed E-state index contributed by atoms with van der Waals surface area (Å²) in [6.45, 7) is 1.93. The summed E-state index contributed by atoms with van der Waals surface area (Å²) >= 11 is 0. The molecule has 0 aliphatic carbocycles. The Kier molecular flexibility index (Phi) is 6.44. The van der Waals surface area contributed by atoms with E-state index in [9.17, 15) is 36.7 Å². The second kappa shape index (κ2) is 8.70. The maximum atomic E-state index is 14.4. The van der Waals surface area contributed by atoms with E-state index in [1.807, 2.05) is 0 Å². The van der Waals surface area contributed by atoms with Gasteiger partial charge in [0.1, 0.15) is 6.10 Å². The Balaban J connectivity index is 2.08. The summed E-state index contributed by atoms with van der Waals surface area (Å²) in [5.41, 5.74) is 1.61. The molecule has 0 bridgehead atoms. The Bertz CT molecular complexity index is 1140. The zero-order chi connectivity index (χ0) is 25.6. The van der Waals surface area contributed by atoms with Crippen molar-refractivity contribution in [2.75, 3.05) is 12.4 Å². The van der Waals surface area contributed by atoms with Gasteiger partial charge in [-0.05, 0) is 13.0 Å². The molecule has 1 aromatic heterocycles. The molecular weight excluding hydrogens is 469 g/mol. The number of hydrogen-bond donors (Lipinski definition) is 3. The Morgan fingerprint density at radius 2 is 1.91 bits per heavy atom. The van der Waals surface area contributed by atoms with Gasteiger partial charge in [-0.15, -0.1) is 0 Å². The van der Waals surface area contributed by atoms with Gasteiger partial charge in [0, 0.05) is 34.3 Å². The second-order valence-electron chi connectivity index (χ2n) is 7.94. The zero-order valence-corrected chi connectivity index (χ0v) is 18.1. The van der Waals surface area contributed by atoms with Crippen molar-refractivity contribution in [1.29, 1.82) is 0 Å². The molecule has 1 fully saturated rings. The van der Waals surface area contributed by atoms with Crippen LogP contribution in [-0.2, 0) is 9.53 Å². The number of ether oxygens (including phenoxy) is 2. The average Bonchev–Trinajstić information content (AvgIpc) is 3.03. The lowest BCUT2D eigenvalue weighted by molar-refractivity contribution is -0.905. The highest BCUT2D eigenvalue weighted by molar-refractivity contribution is 5.97. The minimum atomic E-state index is -4.92. The van der Waals surface area contributed by atoms with Crippen molar-refractivity contribution in [3.05, 3.63) is 53.4 Å². The number of halogens is 5. The molecule has 2 aromatic rings. The van der Waals surface area contributed by atoms with Crippen LogP contribution < -0.4 is 20.5 Å². The molecule has 13 heteroatoms. The van der Waals surface area contributed by atoms with Gasteiger partial charge in [0.25, 0.3) is 5.91 Å². The van der Waals surface area contributed by atoms with Crippen LogP contribution in [-0.4, -0.2) is 42.0 Å². The number of nitrogens with two attached hydrogens (primary N) is 1. The van der Waals surface area contributed by atoms with Gasteiger partial charge in [-0.3, -0.25) is 14.8 Å². The first-order chi connectivity index (χ1) is 15.7. The predicted octanol–water partition coefficient (Wildman–Crippen LogP) is 2.68. The third kappa shape index (κ3) is 4.11. The van der Waals surface area contributed by atoms with E-state index in [1.165, 1.54) is 6.92 Å². The number of anilines is 1. The van der Waals surface area contributed by atoms with Crippen molar-refractivity contribution < 1.29 is 51.0 Å². The number of aromatic nitrogens is 1. The highest BCUT2D eigenvalue weighted by Gasteiger charge is 2.65. The molecule has 4 N–H and O–H groups in total. The third-order valence-corrected chi connectivity index (χ3v) is 6.02. The second-order valence-corrected chi connectivity index (χ2v) is 7.94. The van der Waals surface area contributed by atoms with E-state index in [0.29, 0.717) is 10.8 Å². The van der Waals surface area contributed by atoms with Crippen LogP contribution in [0, 0.1) is 17.6 Å². The molecule has 4 atom stereocenters.